The van der Waals surface area contributed by atoms with E-state index in [4.69, 9.17) is 5.26 Å². The number of alkyl halides is 1. The van der Waals surface area contributed by atoms with Crippen molar-refractivity contribution in [3.63, 3.8) is 0 Å². The Bertz CT molecular complexity index is 89.5. The van der Waals surface area contributed by atoms with Crippen LogP contribution in [0.25, 0.3) is 0 Å². The monoisotopic (exact) mass is 147 g/mol. The summed E-state index contributed by atoms with van der Waals surface area (Å²) in [6.45, 7) is -0.225. The summed E-state index contributed by atoms with van der Waals surface area (Å²) in [5, 5.41) is 10.0. The number of rotatable bonds is 5. The molecular formula is C6H10FNS. The van der Waals surface area contributed by atoms with Crippen LogP contribution in [0.5, 0.6) is 0 Å². The summed E-state index contributed by atoms with van der Waals surface area (Å²) in [7, 11) is 0. The van der Waals surface area contributed by atoms with E-state index >= 15 is 0 Å². The minimum absolute atomic E-state index is 0.225. The Kier molecular flexibility index (Phi) is 7.57. The molecule has 3 heteroatoms. The molecule has 0 unspecified atom stereocenters. The van der Waals surface area contributed by atoms with Gasteiger partial charge in [-0.1, -0.05) is 0 Å². The van der Waals surface area contributed by atoms with Crippen molar-refractivity contribution in [1.29, 1.82) is 5.26 Å². The molecule has 0 amide bonds. The predicted octanol–water partition coefficient (Wildman–Crippen LogP) is 2.34. The van der Waals surface area contributed by atoms with Crippen LogP contribution in [0.3, 0.4) is 0 Å². The molecule has 0 aliphatic rings. The van der Waals surface area contributed by atoms with E-state index in [2.05, 4.69) is 0 Å². The molecule has 0 aromatic heterocycles. The number of thioether (sulfide) groups is 1. The fourth-order valence-electron chi connectivity index (χ4n) is 0.491. The van der Waals surface area contributed by atoms with E-state index in [1.165, 1.54) is 11.8 Å². The Morgan fingerprint density at radius 1 is 1.33 bits per heavy atom. The van der Waals surface area contributed by atoms with Gasteiger partial charge < -0.3 is 0 Å². The Hall–Kier alpha value is -0.230. The first-order valence-electron chi connectivity index (χ1n) is 2.98. The highest BCUT2D eigenvalue weighted by Crippen LogP contribution is 2.03. The van der Waals surface area contributed by atoms with Crippen LogP contribution in [-0.4, -0.2) is 12.4 Å². The molecule has 0 saturated heterocycles. The summed E-state index contributed by atoms with van der Waals surface area (Å²) in [4.78, 5) is 0. The first-order valence-corrected chi connectivity index (χ1v) is 3.97. The molecule has 0 saturated carbocycles. The van der Waals surface area contributed by atoms with Crippen LogP contribution >= 0.6 is 11.8 Å². The lowest BCUT2D eigenvalue weighted by molar-refractivity contribution is 0.460. The van der Waals surface area contributed by atoms with Crippen LogP contribution in [0.4, 0.5) is 4.39 Å². The summed E-state index contributed by atoms with van der Waals surface area (Å²) in [6, 6.07) is 0. The third kappa shape index (κ3) is 7.77. The first-order chi connectivity index (χ1) is 4.41. The van der Waals surface area contributed by atoms with Crippen molar-refractivity contribution in [3.8, 4) is 5.40 Å². The molecule has 0 rings (SSSR count). The molecule has 0 atom stereocenters. The molecule has 0 aromatic rings. The maximum Gasteiger partial charge on any atom is 0.133 e. The van der Waals surface area contributed by atoms with Crippen molar-refractivity contribution in [2.75, 3.05) is 12.4 Å². The molecule has 0 aliphatic heterocycles. The van der Waals surface area contributed by atoms with E-state index in [-0.39, 0.29) is 6.67 Å². The minimum Gasteiger partial charge on any atom is -0.251 e. The second-order valence-corrected chi connectivity index (χ2v) is 2.57. The third-order valence-corrected chi connectivity index (χ3v) is 1.57. The van der Waals surface area contributed by atoms with Gasteiger partial charge in [-0.05, 0) is 31.0 Å². The summed E-state index contributed by atoms with van der Waals surface area (Å²) in [5.41, 5.74) is 0. The summed E-state index contributed by atoms with van der Waals surface area (Å²) >= 11 is 1.24. The molecular weight excluding hydrogens is 137 g/mol. The highest BCUT2D eigenvalue weighted by atomic mass is 32.2. The first kappa shape index (κ1) is 8.77. The lowest BCUT2D eigenvalue weighted by atomic mass is 10.3. The molecule has 0 aliphatic carbocycles. The van der Waals surface area contributed by atoms with Crippen LogP contribution in [0.1, 0.15) is 19.3 Å². The number of unbranched alkanes of at least 4 members (excludes halogenated alkanes) is 2. The SMILES string of the molecule is N#CSCCCCCF. The van der Waals surface area contributed by atoms with Crippen molar-refractivity contribution in [2.45, 2.75) is 19.3 Å². The van der Waals surface area contributed by atoms with E-state index in [1.807, 2.05) is 5.40 Å². The van der Waals surface area contributed by atoms with Gasteiger partial charge in [0.1, 0.15) is 5.40 Å². The van der Waals surface area contributed by atoms with Gasteiger partial charge in [0.25, 0.3) is 0 Å². The molecule has 0 spiro atoms. The van der Waals surface area contributed by atoms with Gasteiger partial charge in [-0.15, -0.1) is 0 Å². The van der Waals surface area contributed by atoms with E-state index in [9.17, 15) is 4.39 Å². The van der Waals surface area contributed by atoms with Crippen LogP contribution < -0.4 is 0 Å². The molecule has 0 aromatic carbocycles. The minimum atomic E-state index is -0.225. The maximum atomic E-state index is 11.4. The Morgan fingerprint density at radius 2 is 2.11 bits per heavy atom. The van der Waals surface area contributed by atoms with Crippen LogP contribution in [0.2, 0.25) is 0 Å². The van der Waals surface area contributed by atoms with Crippen molar-refractivity contribution in [1.82, 2.24) is 0 Å². The zero-order chi connectivity index (χ0) is 6.95. The number of hydrogen-bond donors (Lipinski definition) is 0. The van der Waals surface area contributed by atoms with Gasteiger partial charge in [0, 0.05) is 5.75 Å². The number of hydrogen-bond acceptors (Lipinski definition) is 2. The second kappa shape index (κ2) is 7.77. The van der Waals surface area contributed by atoms with E-state index in [0.29, 0.717) is 6.42 Å². The van der Waals surface area contributed by atoms with Crippen LogP contribution in [-0.2, 0) is 0 Å². The topological polar surface area (TPSA) is 23.8 Å². The lowest BCUT2D eigenvalue weighted by Gasteiger charge is -1.91. The van der Waals surface area contributed by atoms with Crippen LogP contribution in [0, 0.1) is 10.7 Å². The van der Waals surface area contributed by atoms with E-state index in [0.717, 1.165) is 18.6 Å². The van der Waals surface area contributed by atoms with E-state index in [1.54, 1.807) is 0 Å². The highest BCUT2D eigenvalue weighted by molar-refractivity contribution is 8.03. The van der Waals surface area contributed by atoms with Gasteiger partial charge in [0.2, 0.25) is 0 Å². The fourth-order valence-corrected chi connectivity index (χ4v) is 0.931. The maximum absolute atomic E-state index is 11.4. The van der Waals surface area contributed by atoms with Crippen molar-refractivity contribution in [3.05, 3.63) is 0 Å². The number of thiocyanates is 1. The molecule has 0 radical (unpaired) electrons. The average Bonchev–Trinajstić information content (AvgIpc) is 1.89. The zero-order valence-electron chi connectivity index (χ0n) is 5.27. The quantitative estimate of drug-likeness (QED) is 0.440. The fraction of sp³-hybridized carbons (Fsp3) is 0.833. The molecule has 0 N–H and O–H groups in total. The molecule has 0 bridgehead atoms. The number of halogens is 1. The molecule has 9 heavy (non-hydrogen) atoms. The largest absolute Gasteiger partial charge is 0.251 e. The van der Waals surface area contributed by atoms with Gasteiger partial charge in [-0.25, -0.2) is 0 Å². The van der Waals surface area contributed by atoms with Gasteiger partial charge in [0.05, 0.1) is 6.67 Å². The number of nitriles is 1. The van der Waals surface area contributed by atoms with Gasteiger partial charge in [-0.2, -0.15) is 5.26 Å². The van der Waals surface area contributed by atoms with Crippen molar-refractivity contribution >= 4 is 11.8 Å². The Morgan fingerprint density at radius 3 is 2.67 bits per heavy atom. The summed E-state index contributed by atoms with van der Waals surface area (Å²) in [5.74, 6) is 0.844. The smallest absolute Gasteiger partial charge is 0.133 e. The average molecular weight is 147 g/mol. The normalized spacial score (nSPS) is 8.89. The molecule has 52 valence electrons. The van der Waals surface area contributed by atoms with Crippen LogP contribution in [0.15, 0.2) is 0 Å². The number of nitrogens with zero attached hydrogens (tertiary/aromatic N) is 1. The zero-order valence-corrected chi connectivity index (χ0v) is 6.09. The van der Waals surface area contributed by atoms with E-state index < -0.39 is 0 Å². The van der Waals surface area contributed by atoms with Crippen molar-refractivity contribution < 1.29 is 4.39 Å². The highest BCUT2D eigenvalue weighted by Gasteiger charge is 1.87. The molecule has 0 fully saturated rings. The molecule has 0 heterocycles. The summed E-state index contributed by atoms with van der Waals surface area (Å²) in [6.07, 6.45) is 2.51. The Labute approximate surface area is 59.2 Å². The Balaban J connectivity index is 2.69. The predicted molar refractivity (Wildman–Crippen MR) is 37.9 cm³/mol. The van der Waals surface area contributed by atoms with Gasteiger partial charge in [0.15, 0.2) is 0 Å². The van der Waals surface area contributed by atoms with Crippen molar-refractivity contribution in [2.24, 2.45) is 0 Å². The molecule has 1 nitrogen and oxygen atoms in total. The third-order valence-electron chi connectivity index (χ3n) is 0.945. The second-order valence-electron chi connectivity index (χ2n) is 1.69. The lowest BCUT2D eigenvalue weighted by Crippen LogP contribution is -1.80. The van der Waals surface area contributed by atoms with Gasteiger partial charge >= 0.3 is 0 Å². The van der Waals surface area contributed by atoms with Gasteiger partial charge in [-0.3, -0.25) is 4.39 Å². The summed E-state index contributed by atoms with van der Waals surface area (Å²) < 4.78 is 11.4. The standard InChI is InChI=1S/C6H10FNS/c7-4-2-1-3-5-9-6-8/h1-5H2.